The highest BCUT2D eigenvalue weighted by Gasteiger charge is 2.17. The first-order chi connectivity index (χ1) is 8.08. The van der Waals surface area contributed by atoms with Gasteiger partial charge in [-0.3, -0.25) is 0 Å². The van der Waals surface area contributed by atoms with E-state index in [1.165, 1.54) is 24.0 Å². The minimum Gasteiger partial charge on any atom is -0.388 e. The van der Waals surface area contributed by atoms with Gasteiger partial charge in [0.2, 0.25) is 0 Å². The molecule has 1 atom stereocenters. The van der Waals surface area contributed by atoms with Gasteiger partial charge in [0.15, 0.2) is 0 Å². The van der Waals surface area contributed by atoms with Crippen molar-refractivity contribution < 1.29 is 5.11 Å². The van der Waals surface area contributed by atoms with Crippen molar-refractivity contribution in [1.82, 2.24) is 0 Å². The predicted molar refractivity (Wildman–Crippen MR) is 72.5 cm³/mol. The average Bonchev–Trinajstić information content (AvgIpc) is 2.27. The predicted octanol–water partition coefficient (Wildman–Crippen LogP) is 4.30. The van der Waals surface area contributed by atoms with Gasteiger partial charge in [0, 0.05) is 5.02 Å². The third-order valence-corrected chi connectivity index (χ3v) is 3.84. The van der Waals surface area contributed by atoms with E-state index in [1.54, 1.807) is 0 Å². The summed E-state index contributed by atoms with van der Waals surface area (Å²) in [7, 11) is 0. The second-order valence-corrected chi connectivity index (χ2v) is 5.90. The molecule has 1 aliphatic carbocycles. The molecule has 0 radical (unpaired) electrons. The Morgan fingerprint density at radius 1 is 1.18 bits per heavy atom. The molecule has 0 amide bonds. The zero-order valence-electron chi connectivity index (χ0n) is 10.7. The van der Waals surface area contributed by atoms with Crippen LogP contribution in [-0.4, -0.2) is 5.11 Å². The monoisotopic (exact) mass is 252 g/mol. The number of aliphatic hydroxyl groups is 1. The fourth-order valence-electron chi connectivity index (χ4n) is 2.60. The Balaban J connectivity index is 2.28. The Hall–Kier alpha value is -0.530. The summed E-state index contributed by atoms with van der Waals surface area (Å²) in [5.41, 5.74) is 3.68. The van der Waals surface area contributed by atoms with Crippen LogP contribution in [0.25, 0.3) is 0 Å². The summed E-state index contributed by atoms with van der Waals surface area (Å²) >= 11 is 6.28. The highest BCUT2D eigenvalue weighted by atomic mass is 35.5. The van der Waals surface area contributed by atoms with Gasteiger partial charge >= 0.3 is 0 Å². The van der Waals surface area contributed by atoms with Gasteiger partial charge in [0.1, 0.15) is 0 Å². The first-order valence-corrected chi connectivity index (χ1v) is 6.95. The summed E-state index contributed by atoms with van der Waals surface area (Å²) in [6.07, 6.45) is 5.14. The molecule has 1 unspecified atom stereocenters. The molecular formula is C15H21ClO. The van der Waals surface area contributed by atoms with E-state index in [4.69, 9.17) is 11.6 Å². The highest BCUT2D eigenvalue weighted by Crippen LogP contribution is 2.33. The van der Waals surface area contributed by atoms with E-state index in [9.17, 15) is 5.11 Å². The Bertz CT molecular complexity index is 398. The Labute approximate surface area is 109 Å². The zero-order valence-corrected chi connectivity index (χ0v) is 11.4. The number of hydrogen-bond donors (Lipinski definition) is 1. The van der Waals surface area contributed by atoms with Crippen molar-refractivity contribution in [1.29, 1.82) is 0 Å². The molecule has 2 heteroatoms. The van der Waals surface area contributed by atoms with Gasteiger partial charge < -0.3 is 5.11 Å². The van der Waals surface area contributed by atoms with E-state index in [1.807, 2.05) is 0 Å². The highest BCUT2D eigenvalue weighted by molar-refractivity contribution is 6.31. The molecule has 0 fully saturated rings. The van der Waals surface area contributed by atoms with E-state index >= 15 is 0 Å². The normalized spacial score (nSPS) is 17.0. The molecule has 1 aliphatic rings. The van der Waals surface area contributed by atoms with E-state index < -0.39 is 6.10 Å². The van der Waals surface area contributed by atoms with Gasteiger partial charge in [-0.2, -0.15) is 0 Å². The van der Waals surface area contributed by atoms with E-state index in [-0.39, 0.29) is 0 Å². The molecule has 0 aromatic heterocycles. The first-order valence-electron chi connectivity index (χ1n) is 6.57. The van der Waals surface area contributed by atoms with Crippen molar-refractivity contribution in [3.05, 3.63) is 33.8 Å². The van der Waals surface area contributed by atoms with Gasteiger partial charge in [0.05, 0.1) is 6.10 Å². The molecule has 2 rings (SSSR count). The lowest BCUT2D eigenvalue weighted by Gasteiger charge is -2.21. The van der Waals surface area contributed by atoms with Crippen LogP contribution in [0.15, 0.2) is 12.1 Å². The fourth-order valence-corrected chi connectivity index (χ4v) is 2.92. The molecule has 0 heterocycles. The maximum absolute atomic E-state index is 10.2. The number of rotatable bonds is 3. The minimum absolute atomic E-state index is 0.422. The number of aliphatic hydroxyl groups excluding tert-OH is 1. The van der Waals surface area contributed by atoms with Crippen molar-refractivity contribution in [2.75, 3.05) is 0 Å². The molecule has 17 heavy (non-hydrogen) atoms. The quantitative estimate of drug-likeness (QED) is 0.851. The van der Waals surface area contributed by atoms with E-state index in [0.717, 1.165) is 29.8 Å². The maximum Gasteiger partial charge on any atom is 0.0807 e. The van der Waals surface area contributed by atoms with Crippen LogP contribution in [0.5, 0.6) is 0 Å². The van der Waals surface area contributed by atoms with E-state index in [0.29, 0.717) is 5.92 Å². The minimum atomic E-state index is -0.422. The SMILES string of the molecule is CC(C)CC(O)c1cc2c(cc1Cl)CCCC2. The molecule has 1 nitrogen and oxygen atoms in total. The Kier molecular flexibility index (Phi) is 4.11. The second kappa shape index (κ2) is 5.41. The van der Waals surface area contributed by atoms with Gasteiger partial charge in [-0.05, 0) is 60.8 Å². The number of hydrogen-bond acceptors (Lipinski definition) is 1. The van der Waals surface area contributed by atoms with Crippen LogP contribution >= 0.6 is 11.6 Å². The molecule has 0 saturated carbocycles. The van der Waals surface area contributed by atoms with Crippen LogP contribution in [0.1, 0.15) is 55.9 Å². The van der Waals surface area contributed by atoms with Crippen molar-refractivity contribution in [3.63, 3.8) is 0 Å². The summed E-state index contributed by atoms with van der Waals surface area (Å²) in [4.78, 5) is 0. The number of halogens is 1. The van der Waals surface area contributed by atoms with Crippen molar-refractivity contribution in [2.45, 2.75) is 52.1 Å². The number of benzene rings is 1. The second-order valence-electron chi connectivity index (χ2n) is 5.49. The number of fused-ring (bicyclic) bond motifs is 1. The zero-order chi connectivity index (χ0) is 12.4. The van der Waals surface area contributed by atoms with Crippen molar-refractivity contribution in [2.24, 2.45) is 5.92 Å². The molecule has 0 aliphatic heterocycles. The van der Waals surface area contributed by atoms with Crippen molar-refractivity contribution in [3.8, 4) is 0 Å². The summed E-state index contributed by atoms with van der Waals surface area (Å²) in [6.45, 7) is 4.24. The Morgan fingerprint density at radius 3 is 2.35 bits per heavy atom. The molecule has 1 aromatic carbocycles. The lowest BCUT2D eigenvalue weighted by Crippen LogP contribution is -2.08. The largest absolute Gasteiger partial charge is 0.388 e. The van der Waals surface area contributed by atoms with Gasteiger partial charge in [-0.15, -0.1) is 0 Å². The van der Waals surface area contributed by atoms with Crippen LogP contribution in [0.3, 0.4) is 0 Å². The van der Waals surface area contributed by atoms with Crippen LogP contribution in [0.2, 0.25) is 5.02 Å². The summed E-state index contributed by atoms with van der Waals surface area (Å²) < 4.78 is 0. The molecular weight excluding hydrogens is 232 g/mol. The van der Waals surface area contributed by atoms with E-state index in [2.05, 4.69) is 26.0 Å². The molecule has 0 bridgehead atoms. The smallest absolute Gasteiger partial charge is 0.0807 e. The molecule has 0 spiro atoms. The fraction of sp³-hybridized carbons (Fsp3) is 0.600. The van der Waals surface area contributed by atoms with Crippen LogP contribution in [0.4, 0.5) is 0 Å². The molecule has 0 saturated heterocycles. The van der Waals surface area contributed by atoms with Gasteiger partial charge in [0.25, 0.3) is 0 Å². The maximum atomic E-state index is 10.2. The molecule has 94 valence electrons. The molecule has 1 N–H and O–H groups in total. The van der Waals surface area contributed by atoms with Gasteiger partial charge in [-0.25, -0.2) is 0 Å². The first kappa shape index (κ1) is 12.9. The summed E-state index contributed by atoms with van der Waals surface area (Å²) in [5, 5.41) is 10.9. The summed E-state index contributed by atoms with van der Waals surface area (Å²) in [5.74, 6) is 0.483. The summed E-state index contributed by atoms with van der Waals surface area (Å²) in [6, 6.07) is 4.19. The van der Waals surface area contributed by atoms with Crippen molar-refractivity contribution >= 4 is 11.6 Å². The van der Waals surface area contributed by atoms with Crippen LogP contribution in [0, 0.1) is 5.92 Å². The van der Waals surface area contributed by atoms with Crippen LogP contribution in [-0.2, 0) is 12.8 Å². The number of aryl methyl sites for hydroxylation is 2. The molecule has 1 aromatic rings. The van der Waals surface area contributed by atoms with Gasteiger partial charge in [-0.1, -0.05) is 31.5 Å². The third kappa shape index (κ3) is 3.02. The standard InChI is InChI=1S/C15H21ClO/c1-10(2)7-15(17)13-8-11-5-3-4-6-12(11)9-14(13)16/h8-10,15,17H,3-7H2,1-2H3. The Morgan fingerprint density at radius 2 is 1.76 bits per heavy atom. The third-order valence-electron chi connectivity index (χ3n) is 3.51. The lowest BCUT2D eigenvalue weighted by atomic mass is 9.88. The van der Waals surface area contributed by atoms with Crippen LogP contribution < -0.4 is 0 Å². The topological polar surface area (TPSA) is 20.2 Å². The lowest BCUT2D eigenvalue weighted by molar-refractivity contribution is 0.151. The average molecular weight is 253 g/mol.